The maximum atomic E-state index is 13.4. The molecule has 0 unspecified atom stereocenters. The molecule has 0 atom stereocenters. The number of nitrogen functional groups attached to an aromatic ring is 1. The van der Waals surface area contributed by atoms with Crippen LogP contribution in [0, 0.1) is 11.6 Å². The van der Waals surface area contributed by atoms with Crippen molar-refractivity contribution in [1.29, 1.82) is 0 Å². The molecule has 1 aromatic heterocycles. The summed E-state index contributed by atoms with van der Waals surface area (Å²) >= 11 is 0.981. The molecule has 0 aliphatic rings. The molecule has 8 nitrogen and oxygen atoms in total. The molecule has 30 heavy (non-hydrogen) atoms. The number of ether oxygens (including phenoxy) is 1. The van der Waals surface area contributed by atoms with Crippen molar-refractivity contribution >= 4 is 29.2 Å². The van der Waals surface area contributed by atoms with Gasteiger partial charge in [0.15, 0.2) is 17.3 Å². The summed E-state index contributed by atoms with van der Waals surface area (Å²) in [7, 11) is 1.44. The van der Waals surface area contributed by atoms with Crippen LogP contribution in [0.5, 0.6) is 0 Å². The lowest BCUT2D eigenvalue weighted by Gasteiger charge is -2.24. The van der Waals surface area contributed by atoms with E-state index in [1.807, 2.05) is 6.92 Å². The SMILES string of the molecule is CCCCn1c(N)c(N(CCOC)C(=O)CSc2ccc(F)c(F)c2)c(=O)[nH]c1=O. The van der Waals surface area contributed by atoms with Gasteiger partial charge in [0, 0.05) is 25.1 Å². The van der Waals surface area contributed by atoms with Gasteiger partial charge >= 0.3 is 5.69 Å². The highest BCUT2D eigenvalue weighted by molar-refractivity contribution is 8.00. The van der Waals surface area contributed by atoms with Crippen molar-refractivity contribution in [3.05, 3.63) is 50.7 Å². The van der Waals surface area contributed by atoms with E-state index in [4.69, 9.17) is 10.5 Å². The van der Waals surface area contributed by atoms with Gasteiger partial charge in [0.25, 0.3) is 5.56 Å². The fraction of sp³-hybridized carbons (Fsp3) is 0.421. The monoisotopic (exact) mass is 442 g/mol. The third kappa shape index (κ3) is 5.70. The fourth-order valence-electron chi connectivity index (χ4n) is 2.71. The van der Waals surface area contributed by atoms with E-state index in [0.29, 0.717) is 17.9 Å². The summed E-state index contributed by atoms with van der Waals surface area (Å²) in [5.41, 5.74) is 4.52. The third-order valence-corrected chi connectivity index (χ3v) is 5.27. The minimum Gasteiger partial charge on any atom is -0.383 e. The normalized spacial score (nSPS) is 10.9. The van der Waals surface area contributed by atoms with Gasteiger partial charge in [-0.15, -0.1) is 11.8 Å². The second-order valence-electron chi connectivity index (χ2n) is 6.40. The zero-order valence-electron chi connectivity index (χ0n) is 16.7. The molecule has 0 saturated heterocycles. The van der Waals surface area contributed by atoms with Crippen molar-refractivity contribution in [1.82, 2.24) is 9.55 Å². The number of hydrogen-bond acceptors (Lipinski definition) is 6. The zero-order valence-corrected chi connectivity index (χ0v) is 17.6. The van der Waals surface area contributed by atoms with E-state index in [1.165, 1.54) is 17.7 Å². The number of rotatable bonds is 10. The van der Waals surface area contributed by atoms with Crippen LogP contribution in [0.3, 0.4) is 0 Å². The van der Waals surface area contributed by atoms with Gasteiger partial charge in [0.2, 0.25) is 5.91 Å². The highest BCUT2D eigenvalue weighted by Gasteiger charge is 2.24. The van der Waals surface area contributed by atoms with Gasteiger partial charge in [0.05, 0.1) is 12.4 Å². The number of nitrogens with two attached hydrogens (primary N) is 1. The summed E-state index contributed by atoms with van der Waals surface area (Å²) in [6.45, 7) is 2.38. The quantitative estimate of drug-likeness (QED) is 0.545. The maximum Gasteiger partial charge on any atom is 0.330 e. The Morgan fingerprint density at radius 3 is 2.67 bits per heavy atom. The lowest BCUT2D eigenvalue weighted by atomic mass is 10.3. The highest BCUT2D eigenvalue weighted by Crippen LogP contribution is 2.23. The topological polar surface area (TPSA) is 110 Å². The van der Waals surface area contributed by atoms with Gasteiger partial charge in [-0.2, -0.15) is 0 Å². The number of carbonyl (C=O) groups is 1. The van der Waals surface area contributed by atoms with E-state index >= 15 is 0 Å². The summed E-state index contributed by atoms with van der Waals surface area (Å²) in [6, 6.07) is 3.30. The van der Waals surface area contributed by atoms with Gasteiger partial charge in [-0.3, -0.25) is 19.1 Å². The molecule has 0 saturated carbocycles. The van der Waals surface area contributed by atoms with Crippen LogP contribution in [-0.2, 0) is 16.1 Å². The first-order chi connectivity index (χ1) is 14.3. The number of hydrogen-bond donors (Lipinski definition) is 2. The molecule has 1 heterocycles. The predicted molar refractivity (Wildman–Crippen MR) is 112 cm³/mol. The molecule has 2 aromatic rings. The van der Waals surface area contributed by atoms with Crippen LogP contribution in [0.1, 0.15) is 19.8 Å². The number of H-pyrrole nitrogens is 1. The Morgan fingerprint density at radius 1 is 1.30 bits per heavy atom. The average molecular weight is 442 g/mol. The molecular weight excluding hydrogens is 418 g/mol. The summed E-state index contributed by atoms with van der Waals surface area (Å²) in [5, 5.41) is 0. The Balaban J connectivity index is 2.34. The molecule has 0 fully saturated rings. The van der Waals surface area contributed by atoms with Crippen molar-refractivity contribution < 1.29 is 18.3 Å². The van der Waals surface area contributed by atoms with Crippen LogP contribution in [0.2, 0.25) is 0 Å². The predicted octanol–water partition coefficient (Wildman–Crippen LogP) is 1.97. The number of anilines is 2. The number of nitrogens with zero attached hydrogens (tertiary/aromatic N) is 2. The lowest BCUT2D eigenvalue weighted by molar-refractivity contribution is -0.116. The van der Waals surface area contributed by atoms with E-state index in [-0.39, 0.29) is 30.4 Å². The average Bonchev–Trinajstić information content (AvgIpc) is 2.70. The molecule has 0 aliphatic heterocycles. The zero-order chi connectivity index (χ0) is 22.3. The Labute approximate surface area is 176 Å². The Morgan fingerprint density at radius 2 is 2.03 bits per heavy atom. The molecule has 1 aromatic carbocycles. The van der Waals surface area contributed by atoms with Gasteiger partial charge in [-0.1, -0.05) is 13.3 Å². The summed E-state index contributed by atoms with van der Waals surface area (Å²) in [6.07, 6.45) is 1.46. The van der Waals surface area contributed by atoms with E-state index in [1.54, 1.807) is 0 Å². The fourth-order valence-corrected chi connectivity index (χ4v) is 3.51. The van der Waals surface area contributed by atoms with E-state index in [0.717, 1.165) is 35.2 Å². The number of benzene rings is 1. The lowest BCUT2D eigenvalue weighted by Crippen LogP contribution is -2.43. The molecule has 164 valence electrons. The molecule has 3 N–H and O–H groups in total. The number of halogens is 2. The van der Waals surface area contributed by atoms with Crippen LogP contribution in [0.4, 0.5) is 20.3 Å². The van der Waals surface area contributed by atoms with Crippen molar-refractivity contribution in [2.45, 2.75) is 31.2 Å². The standard InChI is InChI=1S/C19H24F2N4O4S/c1-3-4-7-25-17(22)16(18(27)23-19(25)28)24(8-9-29-2)15(26)11-30-12-5-6-13(20)14(21)10-12/h5-6,10H,3-4,7-9,11,22H2,1-2H3,(H,23,27,28). The summed E-state index contributed by atoms with van der Waals surface area (Å²) in [5.74, 6) is -2.78. The maximum absolute atomic E-state index is 13.4. The summed E-state index contributed by atoms with van der Waals surface area (Å²) < 4.78 is 32.7. The van der Waals surface area contributed by atoms with Gasteiger partial charge in [0.1, 0.15) is 5.82 Å². The number of nitrogens with one attached hydrogen (secondary N) is 1. The minimum atomic E-state index is -1.02. The Kier molecular flexibility index (Phi) is 8.60. The number of aromatic amines is 1. The smallest absolute Gasteiger partial charge is 0.330 e. The largest absolute Gasteiger partial charge is 0.383 e. The van der Waals surface area contributed by atoms with Crippen molar-refractivity contribution in [2.24, 2.45) is 0 Å². The molecule has 0 spiro atoms. The molecule has 2 rings (SSSR count). The minimum absolute atomic E-state index is 0.0208. The molecule has 11 heteroatoms. The van der Waals surface area contributed by atoms with Gasteiger partial charge in [-0.25, -0.2) is 13.6 Å². The third-order valence-electron chi connectivity index (χ3n) is 4.29. The van der Waals surface area contributed by atoms with Gasteiger partial charge in [-0.05, 0) is 24.6 Å². The van der Waals surface area contributed by atoms with Crippen molar-refractivity contribution in [3.8, 4) is 0 Å². The molecule has 0 radical (unpaired) electrons. The highest BCUT2D eigenvalue weighted by atomic mass is 32.2. The van der Waals surface area contributed by atoms with E-state index in [9.17, 15) is 23.2 Å². The van der Waals surface area contributed by atoms with Gasteiger partial charge < -0.3 is 15.4 Å². The molecule has 1 amide bonds. The Bertz CT molecular complexity index is 1010. The summed E-state index contributed by atoms with van der Waals surface area (Å²) in [4.78, 5) is 41.2. The van der Waals surface area contributed by atoms with E-state index in [2.05, 4.69) is 4.98 Å². The number of carbonyl (C=O) groups excluding carboxylic acids is 1. The van der Waals surface area contributed by atoms with Crippen LogP contribution >= 0.6 is 11.8 Å². The molecule has 0 aliphatic carbocycles. The number of unbranched alkanes of at least 4 members (excludes halogenated alkanes) is 1. The molecule has 0 bridgehead atoms. The molecular formula is C19H24F2N4O4S. The first-order valence-corrected chi connectivity index (χ1v) is 10.3. The first kappa shape index (κ1) is 23.6. The Hall–Kier alpha value is -2.66. The van der Waals surface area contributed by atoms with E-state index < -0.39 is 28.8 Å². The van der Waals surface area contributed by atoms with Crippen molar-refractivity contribution in [2.75, 3.05) is 36.6 Å². The second-order valence-corrected chi connectivity index (χ2v) is 7.45. The van der Waals surface area contributed by atoms with Crippen LogP contribution in [0.15, 0.2) is 32.7 Å². The number of thioether (sulfide) groups is 1. The van der Waals surface area contributed by atoms with Crippen LogP contribution in [-0.4, -0.2) is 41.5 Å². The van der Waals surface area contributed by atoms with Crippen molar-refractivity contribution in [3.63, 3.8) is 0 Å². The number of aromatic nitrogens is 2. The number of methoxy groups -OCH3 is 1. The van der Waals surface area contributed by atoms with Crippen LogP contribution < -0.4 is 21.9 Å². The first-order valence-electron chi connectivity index (χ1n) is 9.29. The van der Waals surface area contributed by atoms with Crippen LogP contribution in [0.25, 0.3) is 0 Å². The second kappa shape index (κ2) is 10.9. The number of amides is 1.